The predicted octanol–water partition coefficient (Wildman–Crippen LogP) is 8.12. The summed E-state index contributed by atoms with van der Waals surface area (Å²) >= 11 is 0. The molecule has 0 atom stereocenters. The van der Waals surface area contributed by atoms with E-state index in [1.807, 2.05) is 24.3 Å². The minimum Gasteiger partial charge on any atom is -0.478 e. The van der Waals surface area contributed by atoms with E-state index in [9.17, 15) is 24.3 Å². The number of hydrogen-bond acceptors (Lipinski definition) is 7. The molecule has 0 aliphatic carbocycles. The monoisotopic (exact) mass is 649 g/mol. The van der Waals surface area contributed by atoms with Crippen LogP contribution in [0.5, 0.6) is 0 Å². The highest BCUT2D eigenvalue weighted by Gasteiger charge is 2.23. The summed E-state index contributed by atoms with van der Waals surface area (Å²) in [4.78, 5) is 48.2. The van der Waals surface area contributed by atoms with E-state index in [-0.39, 0.29) is 17.5 Å². The number of carboxylic acids is 2. The summed E-state index contributed by atoms with van der Waals surface area (Å²) < 4.78 is 10.6. The number of ether oxygens (including phenoxy) is 1. The normalized spacial score (nSPS) is 11.2. The average Bonchev–Trinajstić information content (AvgIpc) is 3.41. The third-order valence-electron chi connectivity index (χ3n) is 7.52. The lowest BCUT2D eigenvalue weighted by molar-refractivity contribution is -0.142. The van der Waals surface area contributed by atoms with Crippen LogP contribution >= 0.6 is 0 Å². The number of benzene rings is 2. The maximum Gasteiger partial charge on any atom is 0.335 e. The number of carbonyl (C=O) groups excluding carboxylic acids is 2. The third-order valence-corrected chi connectivity index (χ3v) is 7.52. The fraction of sp³-hybridized carbons (Fsp3) is 0.474. The lowest BCUT2D eigenvalue weighted by Crippen LogP contribution is -2.27. The molecule has 256 valence electrons. The fourth-order valence-corrected chi connectivity index (χ4v) is 5.03. The van der Waals surface area contributed by atoms with Gasteiger partial charge in [-0.15, -0.1) is 0 Å². The highest BCUT2D eigenvalue weighted by Crippen LogP contribution is 2.30. The molecule has 3 rings (SSSR count). The van der Waals surface area contributed by atoms with Crippen molar-refractivity contribution in [3.8, 4) is 0 Å². The Balaban J connectivity index is 0.000000597. The first-order valence-electron chi connectivity index (χ1n) is 16.8. The lowest BCUT2D eigenvalue weighted by atomic mass is 9.96. The van der Waals surface area contributed by atoms with Gasteiger partial charge in [-0.25, -0.2) is 14.4 Å². The number of fused-ring (bicyclic) bond motifs is 1. The number of aromatic carboxylic acids is 1. The molecule has 3 aromatic rings. The molecule has 0 unspecified atom stereocenters. The molecule has 2 N–H and O–H groups in total. The van der Waals surface area contributed by atoms with Gasteiger partial charge in [-0.3, -0.25) is 4.79 Å². The Morgan fingerprint density at radius 2 is 1.38 bits per heavy atom. The maximum atomic E-state index is 13.6. The van der Waals surface area contributed by atoms with Gasteiger partial charge in [0.15, 0.2) is 5.78 Å². The van der Waals surface area contributed by atoms with Gasteiger partial charge in [-0.1, -0.05) is 64.3 Å². The number of aliphatic carboxylic acids is 1. The van der Waals surface area contributed by atoms with Crippen LogP contribution in [0, 0.1) is 0 Å². The van der Waals surface area contributed by atoms with Crippen molar-refractivity contribution in [2.24, 2.45) is 0 Å². The van der Waals surface area contributed by atoms with Gasteiger partial charge in [-0.05, 0) is 89.3 Å². The van der Waals surface area contributed by atoms with Crippen LogP contribution < -0.4 is 0 Å². The van der Waals surface area contributed by atoms with Gasteiger partial charge in [0.25, 0.3) is 0 Å². The Bertz CT molecular complexity index is 1460. The van der Waals surface area contributed by atoms with Crippen LogP contribution in [-0.2, 0) is 27.2 Å². The van der Waals surface area contributed by atoms with E-state index in [4.69, 9.17) is 9.52 Å². The van der Waals surface area contributed by atoms with Gasteiger partial charge in [0.05, 0.1) is 17.2 Å². The van der Waals surface area contributed by atoms with Crippen LogP contribution in [0.4, 0.5) is 0 Å². The van der Waals surface area contributed by atoms with Crippen molar-refractivity contribution in [2.45, 2.75) is 98.5 Å². The Hall–Kier alpha value is -4.24. The SMILES string of the molecule is CC(C)OC(=O)/C=C/C(=O)O.CCCCc1oc2ccc(C(=O)O)cc2c1C(=O)c1ccc(CCCN(CCCC)CCCC)cc1. The standard InChI is InChI=1S/C31H41NO4.C7H10O4/c1-4-7-12-28-29(26-22-25(31(34)35)17-18-27(26)36-28)30(33)24-15-13-23(14-16-24)11-10-21-32(19-8-5-2)20-9-6-3;1-5(2)11-7(10)4-3-6(8)9/h13-18,22H,4-12,19-21H2,1-3H3,(H,34,35);3-5H,1-2H3,(H,8,9)/b;4-3+. The number of esters is 1. The molecule has 0 radical (unpaired) electrons. The third kappa shape index (κ3) is 13.6. The second-order valence-electron chi connectivity index (χ2n) is 11.9. The van der Waals surface area contributed by atoms with Gasteiger partial charge in [0, 0.05) is 29.5 Å². The van der Waals surface area contributed by atoms with Gasteiger partial charge in [0.2, 0.25) is 0 Å². The fourth-order valence-electron chi connectivity index (χ4n) is 5.03. The zero-order valence-electron chi connectivity index (χ0n) is 28.5. The van der Waals surface area contributed by atoms with Crippen LogP contribution in [0.25, 0.3) is 11.0 Å². The first kappa shape index (κ1) is 38.9. The zero-order valence-corrected chi connectivity index (χ0v) is 28.5. The number of nitrogens with zero attached hydrogens (tertiary/aromatic N) is 1. The van der Waals surface area contributed by atoms with Gasteiger partial charge < -0.3 is 24.3 Å². The lowest BCUT2D eigenvalue weighted by Gasteiger charge is -2.21. The largest absolute Gasteiger partial charge is 0.478 e. The van der Waals surface area contributed by atoms with Gasteiger partial charge in [-0.2, -0.15) is 0 Å². The summed E-state index contributed by atoms with van der Waals surface area (Å²) in [5, 5.41) is 18.1. The first-order valence-corrected chi connectivity index (χ1v) is 16.8. The van der Waals surface area contributed by atoms with E-state index in [2.05, 4.69) is 30.4 Å². The number of carbonyl (C=O) groups is 4. The molecule has 0 saturated carbocycles. The van der Waals surface area contributed by atoms with E-state index < -0.39 is 17.9 Å². The van der Waals surface area contributed by atoms with Gasteiger partial charge >= 0.3 is 17.9 Å². The molecule has 2 aromatic carbocycles. The summed E-state index contributed by atoms with van der Waals surface area (Å²) in [7, 11) is 0. The molecule has 0 spiro atoms. The summed E-state index contributed by atoms with van der Waals surface area (Å²) in [6.45, 7) is 13.4. The van der Waals surface area contributed by atoms with Crippen molar-refractivity contribution in [3.63, 3.8) is 0 Å². The molecule has 9 nitrogen and oxygen atoms in total. The minimum absolute atomic E-state index is 0.112. The second-order valence-corrected chi connectivity index (χ2v) is 11.9. The number of rotatable bonds is 19. The highest BCUT2D eigenvalue weighted by molar-refractivity contribution is 6.17. The molecule has 0 amide bonds. The molecule has 0 bridgehead atoms. The van der Waals surface area contributed by atoms with Crippen LogP contribution in [0.15, 0.2) is 59.0 Å². The summed E-state index contributed by atoms with van der Waals surface area (Å²) in [6, 6.07) is 12.6. The number of aryl methyl sites for hydroxylation is 2. The van der Waals surface area contributed by atoms with Crippen molar-refractivity contribution in [2.75, 3.05) is 19.6 Å². The van der Waals surface area contributed by atoms with Crippen molar-refractivity contribution in [1.29, 1.82) is 0 Å². The number of hydrogen-bond donors (Lipinski definition) is 2. The molecule has 0 fully saturated rings. The topological polar surface area (TPSA) is 134 Å². The molecule has 1 heterocycles. The first-order chi connectivity index (χ1) is 22.5. The number of carboxylic acid groups (broad SMARTS) is 2. The Kier molecular flexibility index (Phi) is 17.2. The maximum absolute atomic E-state index is 13.6. The number of furan rings is 1. The molecule has 0 saturated heterocycles. The predicted molar refractivity (Wildman–Crippen MR) is 184 cm³/mol. The summed E-state index contributed by atoms with van der Waals surface area (Å²) in [5.41, 5.74) is 3.04. The van der Waals surface area contributed by atoms with Crippen LogP contribution in [0.2, 0.25) is 0 Å². The van der Waals surface area contributed by atoms with E-state index in [0.717, 1.165) is 44.4 Å². The molecular formula is C38H51NO8. The molecule has 9 heteroatoms. The van der Waals surface area contributed by atoms with E-state index in [1.54, 1.807) is 26.0 Å². The van der Waals surface area contributed by atoms with Crippen LogP contribution in [0.3, 0.4) is 0 Å². The van der Waals surface area contributed by atoms with Gasteiger partial charge in [0.1, 0.15) is 11.3 Å². The molecule has 0 aliphatic rings. The van der Waals surface area contributed by atoms with Crippen molar-refractivity contribution in [3.05, 3.63) is 82.6 Å². The van der Waals surface area contributed by atoms with E-state index >= 15 is 0 Å². The number of ketones is 1. The van der Waals surface area contributed by atoms with E-state index in [0.29, 0.717) is 34.3 Å². The Labute approximate surface area is 278 Å². The van der Waals surface area contributed by atoms with Crippen LogP contribution in [0.1, 0.15) is 117 Å². The zero-order chi connectivity index (χ0) is 34.8. The summed E-state index contributed by atoms with van der Waals surface area (Å²) in [6.07, 6.45) is 11.0. The van der Waals surface area contributed by atoms with Crippen LogP contribution in [-0.4, -0.2) is 64.5 Å². The minimum atomic E-state index is -1.16. The number of unbranched alkanes of at least 4 members (excludes halogenated alkanes) is 3. The van der Waals surface area contributed by atoms with Crippen molar-refractivity contribution < 1.29 is 38.5 Å². The second kappa shape index (κ2) is 20.8. The average molecular weight is 650 g/mol. The molecule has 47 heavy (non-hydrogen) atoms. The summed E-state index contributed by atoms with van der Waals surface area (Å²) in [5.74, 6) is -2.28. The molecule has 0 aliphatic heterocycles. The quantitative estimate of drug-likeness (QED) is 0.0750. The Morgan fingerprint density at radius 1 is 0.787 bits per heavy atom. The highest BCUT2D eigenvalue weighted by atomic mass is 16.5. The van der Waals surface area contributed by atoms with Crippen molar-refractivity contribution in [1.82, 2.24) is 4.90 Å². The van der Waals surface area contributed by atoms with Crippen molar-refractivity contribution >= 4 is 34.7 Å². The van der Waals surface area contributed by atoms with E-state index in [1.165, 1.54) is 50.4 Å². The Morgan fingerprint density at radius 3 is 1.94 bits per heavy atom. The molecular weight excluding hydrogens is 598 g/mol. The smallest absolute Gasteiger partial charge is 0.335 e. The molecule has 1 aromatic heterocycles.